The minimum Gasteiger partial charge on any atom is -0.303 e. The van der Waals surface area contributed by atoms with E-state index in [1.54, 1.807) is 0 Å². The maximum Gasteiger partial charge on any atom is 0.235 e. The highest BCUT2D eigenvalue weighted by atomic mass is 16.2. The first-order valence-electron chi connectivity index (χ1n) is 10.6. The molecule has 0 radical (unpaired) electrons. The summed E-state index contributed by atoms with van der Waals surface area (Å²) in [5, 5.41) is 8.14. The number of carbonyl (C=O) groups excluding carboxylic acids is 2. The fourth-order valence-electron chi connectivity index (χ4n) is 4.64. The third-order valence-corrected chi connectivity index (χ3v) is 6.36. The maximum atomic E-state index is 12.3. The number of aryl methyl sites for hydroxylation is 1. The number of unbranched alkanes of at least 4 members (excludes halogenated alkanes) is 1. The normalized spacial score (nSPS) is 22.0. The standard InChI is InChI=1S/C22H30N4O2/c1-3-4-11-26-12-9-15(10-13-26)16-5-6-17-19(14-16)25(2)24-21(17)18-7-8-20(27)23-22(18)28/h5-6,14-15,18H,3-4,7-13H2,1-2H3,(H,23,27,28). The van der Waals surface area contributed by atoms with E-state index in [2.05, 4.69) is 40.4 Å². The van der Waals surface area contributed by atoms with Gasteiger partial charge in [0.2, 0.25) is 11.8 Å². The van der Waals surface area contributed by atoms with Gasteiger partial charge in [0.05, 0.1) is 17.1 Å². The fraction of sp³-hybridized carbons (Fsp3) is 0.591. The highest BCUT2D eigenvalue weighted by Gasteiger charge is 2.31. The second-order valence-corrected chi connectivity index (χ2v) is 8.26. The number of carbonyl (C=O) groups is 2. The Morgan fingerprint density at radius 3 is 2.68 bits per heavy atom. The quantitative estimate of drug-likeness (QED) is 0.807. The number of amides is 2. The first kappa shape index (κ1) is 19.1. The Balaban J connectivity index is 1.53. The number of piperidine rings is 2. The predicted octanol–water partition coefficient (Wildman–Crippen LogP) is 3.07. The Hall–Kier alpha value is -2.21. The summed E-state index contributed by atoms with van der Waals surface area (Å²) in [6.07, 6.45) is 5.86. The molecule has 2 aliphatic heterocycles. The molecule has 28 heavy (non-hydrogen) atoms. The molecular formula is C22H30N4O2. The van der Waals surface area contributed by atoms with E-state index in [1.165, 1.54) is 50.9 Å². The molecule has 6 heteroatoms. The topological polar surface area (TPSA) is 67.2 Å². The van der Waals surface area contributed by atoms with Gasteiger partial charge in [-0.1, -0.05) is 25.5 Å². The number of nitrogens with zero attached hydrogens (tertiary/aromatic N) is 3. The highest BCUT2D eigenvalue weighted by Crippen LogP contribution is 2.34. The van der Waals surface area contributed by atoms with Gasteiger partial charge in [0.1, 0.15) is 0 Å². The predicted molar refractivity (Wildman–Crippen MR) is 109 cm³/mol. The van der Waals surface area contributed by atoms with E-state index in [4.69, 9.17) is 0 Å². The van der Waals surface area contributed by atoms with Gasteiger partial charge in [-0.25, -0.2) is 0 Å². The van der Waals surface area contributed by atoms with Crippen LogP contribution in [-0.4, -0.2) is 46.1 Å². The Morgan fingerprint density at radius 1 is 1.18 bits per heavy atom. The first-order chi connectivity index (χ1) is 13.6. The van der Waals surface area contributed by atoms with E-state index < -0.39 is 0 Å². The van der Waals surface area contributed by atoms with Crippen LogP contribution in [0.1, 0.15) is 68.5 Å². The fourth-order valence-corrected chi connectivity index (χ4v) is 4.64. The SMILES string of the molecule is CCCCN1CCC(c2ccc3c(C4CCC(=O)NC4=O)nn(C)c3c2)CC1. The van der Waals surface area contributed by atoms with Gasteiger partial charge in [-0.05, 0) is 62.9 Å². The van der Waals surface area contributed by atoms with E-state index in [0.29, 0.717) is 18.8 Å². The van der Waals surface area contributed by atoms with Crippen molar-refractivity contribution < 1.29 is 9.59 Å². The van der Waals surface area contributed by atoms with Gasteiger partial charge in [0, 0.05) is 18.9 Å². The molecule has 3 heterocycles. The van der Waals surface area contributed by atoms with Crippen LogP contribution in [0.2, 0.25) is 0 Å². The lowest BCUT2D eigenvalue weighted by Crippen LogP contribution is -2.39. The van der Waals surface area contributed by atoms with Gasteiger partial charge in [0.25, 0.3) is 0 Å². The molecule has 2 amide bonds. The lowest BCUT2D eigenvalue weighted by molar-refractivity contribution is -0.134. The number of fused-ring (bicyclic) bond motifs is 1. The largest absolute Gasteiger partial charge is 0.303 e. The molecule has 0 aliphatic carbocycles. The molecule has 2 fully saturated rings. The average molecular weight is 383 g/mol. The van der Waals surface area contributed by atoms with Crippen LogP contribution in [0, 0.1) is 0 Å². The smallest absolute Gasteiger partial charge is 0.235 e. The molecule has 0 bridgehead atoms. The van der Waals surface area contributed by atoms with Crippen molar-refractivity contribution in [3.05, 3.63) is 29.5 Å². The molecule has 1 aromatic carbocycles. The average Bonchev–Trinajstić information content (AvgIpc) is 3.03. The maximum absolute atomic E-state index is 12.3. The van der Waals surface area contributed by atoms with E-state index in [-0.39, 0.29) is 17.7 Å². The van der Waals surface area contributed by atoms with E-state index in [0.717, 1.165) is 16.6 Å². The van der Waals surface area contributed by atoms with Crippen molar-refractivity contribution in [2.75, 3.05) is 19.6 Å². The third kappa shape index (κ3) is 3.70. The van der Waals surface area contributed by atoms with Gasteiger partial charge in [-0.15, -0.1) is 0 Å². The lowest BCUT2D eigenvalue weighted by atomic mass is 9.88. The number of benzene rings is 1. The summed E-state index contributed by atoms with van der Waals surface area (Å²) in [6, 6.07) is 6.59. The number of hydrogen-bond acceptors (Lipinski definition) is 4. The number of aromatic nitrogens is 2. The number of rotatable bonds is 5. The third-order valence-electron chi connectivity index (χ3n) is 6.36. The van der Waals surface area contributed by atoms with Gasteiger partial charge in [0.15, 0.2) is 0 Å². The van der Waals surface area contributed by atoms with Gasteiger partial charge < -0.3 is 4.90 Å². The minimum absolute atomic E-state index is 0.186. The Bertz CT molecular complexity index is 880. The van der Waals surface area contributed by atoms with Crippen molar-refractivity contribution in [1.82, 2.24) is 20.0 Å². The number of nitrogens with one attached hydrogen (secondary N) is 1. The molecule has 4 rings (SSSR count). The summed E-state index contributed by atoms with van der Waals surface area (Å²) in [6.45, 7) is 5.82. The molecule has 1 unspecified atom stereocenters. The molecule has 2 aliphatic rings. The minimum atomic E-state index is -0.339. The molecule has 150 valence electrons. The summed E-state index contributed by atoms with van der Waals surface area (Å²) < 4.78 is 1.88. The number of likely N-dealkylation sites (tertiary alicyclic amines) is 1. The van der Waals surface area contributed by atoms with Crippen LogP contribution in [-0.2, 0) is 16.6 Å². The lowest BCUT2D eigenvalue weighted by Gasteiger charge is -2.32. The summed E-state index contributed by atoms with van der Waals surface area (Å²) in [7, 11) is 1.94. The molecule has 1 N–H and O–H groups in total. The Labute approximate surface area is 166 Å². The molecule has 6 nitrogen and oxygen atoms in total. The summed E-state index contributed by atoms with van der Waals surface area (Å²) in [5.41, 5.74) is 3.24. The summed E-state index contributed by atoms with van der Waals surface area (Å²) in [4.78, 5) is 26.3. The molecule has 0 saturated carbocycles. The number of imide groups is 1. The summed E-state index contributed by atoms with van der Waals surface area (Å²) >= 11 is 0. The molecule has 2 saturated heterocycles. The van der Waals surface area contributed by atoms with Crippen LogP contribution in [0.5, 0.6) is 0 Å². The second-order valence-electron chi connectivity index (χ2n) is 8.26. The Kier molecular flexibility index (Phi) is 5.49. The van der Waals surface area contributed by atoms with Crippen LogP contribution in [0.3, 0.4) is 0 Å². The van der Waals surface area contributed by atoms with Crippen LogP contribution < -0.4 is 5.32 Å². The van der Waals surface area contributed by atoms with Crippen molar-refractivity contribution >= 4 is 22.7 Å². The highest BCUT2D eigenvalue weighted by molar-refractivity contribution is 6.02. The van der Waals surface area contributed by atoms with E-state index in [9.17, 15) is 9.59 Å². The van der Waals surface area contributed by atoms with Crippen molar-refractivity contribution in [3.8, 4) is 0 Å². The monoisotopic (exact) mass is 382 g/mol. The van der Waals surface area contributed by atoms with Gasteiger partial charge >= 0.3 is 0 Å². The Morgan fingerprint density at radius 2 is 1.96 bits per heavy atom. The zero-order valence-corrected chi connectivity index (χ0v) is 16.9. The van der Waals surface area contributed by atoms with Crippen molar-refractivity contribution in [3.63, 3.8) is 0 Å². The van der Waals surface area contributed by atoms with Crippen molar-refractivity contribution in [2.45, 2.75) is 57.3 Å². The first-order valence-corrected chi connectivity index (χ1v) is 10.6. The molecule has 1 aromatic heterocycles. The van der Waals surface area contributed by atoms with Gasteiger partial charge in [-0.3, -0.25) is 19.6 Å². The summed E-state index contributed by atoms with van der Waals surface area (Å²) in [5.74, 6) is -0.154. The zero-order valence-electron chi connectivity index (χ0n) is 16.9. The van der Waals surface area contributed by atoms with Crippen LogP contribution in [0.15, 0.2) is 18.2 Å². The molecule has 2 aromatic rings. The van der Waals surface area contributed by atoms with Crippen LogP contribution >= 0.6 is 0 Å². The molecular weight excluding hydrogens is 352 g/mol. The number of hydrogen-bond donors (Lipinski definition) is 1. The second kappa shape index (κ2) is 8.03. The molecule has 0 spiro atoms. The van der Waals surface area contributed by atoms with Crippen LogP contribution in [0.4, 0.5) is 0 Å². The zero-order chi connectivity index (χ0) is 19.7. The van der Waals surface area contributed by atoms with Crippen molar-refractivity contribution in [1.29, 1.82) is 0 Å². The van der Waals surface area contributed by atoms with E-state index >= 15 is 0 Å². The van der Waals surface area contributed by atoms with Gasteiger partial charge in [-0.2, -0.15) is 5.10 Å². The molecule has 1 atom stereocenters. The van der Waals surface area contributed by atoms with E-state index in [1.807, 2.05) is 11.7 Å². The van der Waals surface area contributed by atoms with Crippen LogP contribution in [0.25, 0.3) is 10.9 Å². The van der Waals surface area contributed by atoms with Crippen molar-refractivity contribution in [2.24, 2.45) is 7.05 Å².